The van der Waals surface area contributed by atoms with Crippen LogP contribution in [0.4, 0.5) is 0 Å². The average molecular weight is 240 g/mol. The largest absolute Gasteiger partial charge is 0 e. The van der Waals surface area contributed by atoms with E-state index in [1.807, 2.05) is 0 Å². The molecule has 0 aromatic rings. The van der Waals surface area contributed by atoms with Crippen molar-refractivity contribution in [1.82, 2.24) is 0 Å². The topological polar surface area (TPSA) is 17.1 Å². The predicted molar refractivity (Wildman–Crippen MR) is 0.686 cm³/mol. The molecular weight excluding hydrogens is 240 g/mol. The van der Waals surface area contributed by atoms with Gasteiger partial charge in [-0.2, -0.15) is 0 Å². The Morgan fingerprint density at radius 3 is 1.25 bits per heavy atom. The van der Waals surface area contributed by atoms with Crippen LogP contribution in [0.3, 0.4) is 0 Å². The molecule has 4 heavy (non-hydrogen) atoms. The fourth-order valence-electron chi connectivity index (χ4n) is 0. The molecule has 0 spiro atoms. The van der Waals surface area contributed by atoms with E-state index in [0.29, 0.717) is 0 Å². The Labute approximate surface area is 56.5 Å². The number of hydrogen-bond donors (Lipinski definition) is 0. The van der Waals surface area contributed by atoms with Crippen molar-refractivity contribution in [3.8, 4) is 0 Å². The van der Waals surface area contributed by atoms with Crippen LogP contribution in [0.5, 0.6) is 0 Å². The van der Waals surface area contributed by atoms with Gasteiger partial charge in [-0.1, -0.05) is 0 Å². The summed E-state index contributed by atoms with van der Waals surface area (Å²) in [5.41, 5.74) is 0. The van der Waals surface area contributed by atoms with Crippen molar-refractivity contribution >= 4 is 0 Å². The van der Waals surface area contributed by atoms with Crippen LogP contribution in [0.1, 0.15) is 0 Å². The standard InChI is InChI=1S/2Co.O.Pd. The summed E-state index contributed by atoms with van der Waals surface area (Å²) in [5.74, 6) is 0. The summed E-state index contributed by atoms with van der Waals surface area (Å²) in [4.78, 5) is 0. The van der Waals surface area contributed by atoms with E-state index in [1.54, 1.807) is 0 Å². The predicted octanol–water partition coefficient (Wildman–Crippen LogP) is -0.126. The van der Waals surface area contributed by atoms with E-state index >= 15 is 0 Å². The minimum absolute atomic E-state index is 0. The molecule has 0 aromatic heterocycles. The zero-order valence-corrected chi connectivity index (χ0v) is 5.03. The van der Waals surface area contributed by atoms with E-state index in [-0.39, 0.29) is 37.2 Å². The van der Waals surface area contributed by atoms with Crippen LogP contribution in [0.2, 0.25) is 0 Å². The molecule has 0 atom stereocenters. The van der Waals surface area contributed by atoms with Crippen LogP contribution in [-0.2, 0) is 56.7 Å². The third kappa shape index (κ3) is 9.78. The maximum Gasteiger partial charge on any atom is 0 e. The van der Waals surface area contributed by atoms with Gasteiger partial charge in [0.15, 0.2) is 0 Å². The SMILES string of the molecule is [Co].[O]=[Co].[Pd]. The summed E-state index contributed by atoms with van der Waals surface area (Å²) in [6, 6.07) is 0. The minimum atomic E-state index is 0. The third-order valence-corrected chi connectivity index (χ3v) is 0. The van der Waals surface area contributed by atoms with Crippen molar-refractivity contribution in [3.05, 3.63) is 0 Å². The molecule has 0 aliphatic carbocycles. The van der Waals surface area contributed by atoms with Crippen LogP contribution in [0, 0.1) is 0 Å². The number of hydrogen-bond acceptors (Lipinski definition) is 1. The van der Waals surface area contributed by atoms with E-state index in [4.69, 9.17) is 3.87 Å². The van der Waals surface area contributed by atoms with Gasteiger partial charge in [0.2, 0.25) is 0 Å². The van der Waals surface area contributed by atoms with Crippen molar-refractivity contribution in [2.45, 2.75) is 0 Å². The van der Waals surface area contributed by atoms with Crippen molar-refractivity contribution < 1.29 is 56.7 Å². The first-order chi connectivity index (χ1) is 1.00. The summed E-state index contributed by atoms with van der Waals surface area (Å²) in [6.07, 6.45) is 0. The summed E-state index contributed by atoms with van der Waals surface area (Å²) in [7, 11) is 0. The summed E-state index contributed by atoms with van der Waals surface area (Å²) < 4.78 is 7.94. The Bertz CT molecular complexity index is 6.00. The first-order valence-electron chi connectivity index (χ1n) is 0.136. The Morgan fingerprint density at radius 2 is 1.25 bits per heavy atom. The molecule has 0 amide bonds. The normalized spacial score (nSPS) is 1.25. The second-order valence-corrected chi connectivity index (χ2v) is 0. The van der Waals surface area contributed by atoms with E-state index in [2.05, 4.69) is 15.7 Å². The molecule has 0 aromatic carbocycles. The molecular formula is Co2OPd. The fourth-order valence-corrected chi connectivity index (χ4v) is 0. The van der Waals surface area contributed by atoms with Crippen molar-refractivity contribution in [3.63, 3.8) is 0 Å². The molecule has 0 bridgehead atoms. The van der Waals surface area contributed by atoms with E-state index < -0.39 is 0 Å². The molecule has 0 unspecified atom stereocenters. The maximum atomic E-state index is 7.94. The van der Waals surface area contributed by atoms with E-state index in [9.17, 15) is 0 Å². The first kappa shape index (κ1) is 17.9. The molecule has 0 aliphatic rings. The Kier molecular flexibility index (Phi) is 111. The van der Waals surface area contributed by atoms with Crippen molar-refractivity contribution in [2.75, 3.05) is 0 Å². The fraction of sp³-hybridized carbons (Fsp3) is 0. The molecule has 0 aliphatic heterocycles. The molecule has 0 saturated carbocycles. The van der Waals surface area contributed by atoms with Gasteiger partial charge in [-0.15, -0.1) is 0 Å². The van der Waals surface area contributed by atoms with Gasteiger partial charge < -0.3 is 0 Å². The van der Waals surface area contributed by atoms with Crippen LogP contribution >= 0.6 is 0 Å². The zero-order chi connectivity index (χ0) is 2.00. The van der Waals surface area contributed by atoms with Gasteiger partial charge in [0.1, 0.15) is 0 Å². The monoisotopic (exact) mass is 240 g/mol. The van der Waals surface area contributed by atoms with Crippen LogP contribution < -0.4 is 0 Å². The Hall–Kier alpha value is 1.48. The third-order valence-electron chi connectivity index (χ3n) is 0. The van der Waals surface area contributed by atoms with Gasteiger partial charge in [-0.05, 0) is 0 Å². The Morgan fingerprint density at radius 1 is 1.25 bits per heavy atom. The van der Waals surface area contributed by atoms with Gasteiger partial charge in [0.05, 0.1) is 0 Å². The van der Waals surface area contributed by atoms with Crippen molar-refractivity contribution in [2.24, 2.45) is 0 Å². The molecule has 1 nitrogen and oxygen atoms in total. The Balaban J connectivity index is -0.00000000500. The molecule has 0 saturated heterocycles. The number of rotatable bonds is 0. The molecule has 0 N–H and O–H groups in total. The first-order valence-corrected chi connectivity index (χ1v) is 0.561. The molecule has 0 rings (SSSR count). The maximum absolute atomic E-state index is 7.94. The van der Waals surface area contributed by atoms with Crippen LogP contribution in [-0.4, -0.2) is 0 Å². The van der Waals surface area contributed by atoms with E-state index in [1.165, 1.54) is 0 Å². The minimum Gasteiger partial charge on any atom is 0 e. The van der Waals surface area contributed by atoms with Gasteiger partial charge in [-0.25, -0.2) is 0 Å². The van der Waals surface area contributed by atoms with E-state index in [0.717, 1.165) is 0 Å². The van der Waals surface area contributed by atoms with Gasteiger partial charge in [0, 0.05) is 37.2 Å². The quantitative estimate of drug-likeness (QED) is 0.539. The second-order valence-electron chi connectivity index (χ2n) is 0. The summed E-state index contributed by atoms with van der Waals surface area (Å²) in [6.45, 7) is 0. The summed E-state index contributed by atoms with van der Waals surface area (Å²) >= 11 is 2.31. The molecule has 0 fully saturated rings. The van der Waals surface area contributed by atoms with Gasteiger partial charge >= 0.3 is 19.5 Å². The second kappa shape index (κ2) is 24.8. The van der Waals surface area contributed by atoms with Crippen LogP contribution in [0.25, 0.3) is 0 Å². The summed E-state index contributed by atoms with van der Waals surface area (Å²) in [5, 5.41) is 0. The zero-order valence-electron chi connectivity index (χ0n) is 1.39. The molecule has 34 valence electrons. The average Bonchev–Trinajstić information content (AvgIpc) is 1.00. The molecule has 1 radical (unpaired) electrons. The molecule has 0 heterocycles. The van der Waals surface area contributed by atoms with Crippen molar-refractivity contribution in [1.29, 1.82) is 0 Å². The van der Waals surface area contributed by atoms with Gasteiger partial charge in [0.25, 0.3) is 0 Å². The molecule has 4 heteroatoms. The smallest absolute Gasteiger partial charge is 0 e. The van der Waals surface area contributed by atoms with Gasteiger partial charge in [-0.3, -0.25) is 0 Å². The van der Waals surface area contributed by atoms with Crippen LogP contribution in [0.15, 0.2) is 0 Å².